The maximum Gasteiger partial charge on any atom is 0.573 e. The van der Waals surface area contributed by atoms with Gasteiger partial charge >= 0.3 is 18.9 Å². The van der Waals surface area contributed by atoms with E-state index < -0.39 is 60.8 Å². The second kappa shape index (κ2) is 12.8. The molecular formula is C25H25F9N2O4. The van der Waals surface area contributed by atoms with Gasteiger partial charge in [-0.3, -0.25) is 4.79 Å². The Morgan fingerprint density at radius 2 is 1.38 bits per heavy atom. The molecule has 0 aliphatic heterocycles. The van der Waals surface area contributed by atoms with E-state index in [1.807, 2.05) is 0 Å². The number of nitrogens with one attached hydrogen (secondary N) is 2. The summed E-state index contributed by atoms with van der Waals surface area (Å²) >= 11 is 0. The minimum Gasteiger partial charge on any atom is -0.406 e. The summed E-state index contributed by atoms with van der Waals surface area (Å²) in [4.78, 5) is 11.8. The van der Waals surface area contributed by atoms with Gasteiger partial charge in [-0.1, -0.05) is 24.3 Å². The van der Waals surface area contributed by atoms with Gasteiger partial charge in [0.25, 0.3) is 0 Å². The Bertz CT molecular complexity index is 1120. The van der Waals surface area contributed by atoms with E-state index in [0.717, 1.165) is 42.5 Å². The van der Waals surface area contributed by atoms with Crippen LogP contribution in [0.5, 0.6) is 11.5 Å². The fourth-order valence-corrected chi connectivity index (χ4v) is 3.94. The van der Waals surface area contributed by atoms with Gasteiger partial charge < -0.3 is 25.2 Å². The lowest BCUT2D eigenvalue weighted by atomic mass is 9.70. The maximum absolute atomic E-state index is 13.0. The Kier molecular flexibility index (Phi) is 10.5. The Balaban J connectivity index is 2.79. The van der Waals surface area contributed by atoms with Crippen molar-refractivity contribution in [3.05, 3.63) is 71.4 Å². The van der Waals surface area contributed by atoms with Gasteiger partial charge in [0.1, 0.15) is 11.5 Å². The first-order valence-corrected chi connectivity index (χ1v) is 11.4. The van der Waals surface area contributed by atoms with Crippen LogP contribution in [-0.2, 0) is 10.2 Å². The van der Waals surface area contributed by atoms with Crippen molar-refractivity contribution < 1.29 is 58.9 Å². The van der Waals surface area contributed by atoms with Crippen LogP contribution < -0.4 is 20.1 Å². The molecule has 40 heavy (non-hydrogen) atoms. The smallest absolute Gasteiger partial charge is 0.406 e. The number of alkyl halides is 9. The normalized spacial score (nSPS) is 14.1. The number of carbonyl (C=O) groups is 1. The first kappa shape index (κ1) is 32.8. The first-order valence-electron chi connectivity index (χ1n) is 11.4. The van der Waals surface area contributed by atoms with Gasteiger partial charge in [-0.05, 0) is 48.4 Å². The zero-order chi connectivity index (χ0) is 30.4. The molecule has 0 spiro atoms. The highest BCUT2D eigenvalue weighted by molar-refractivity contribution is 5.87. The number of ketones is 1. The average molecular weight is 588 g/mol. The SMILES string of the molecule is CN/C(=C\C(C)=O)CC(CNC[C@H](O)C(F)(F)F)(c1cccc(OC(F)(F)F)c1)c1cccc(OC(F)(F)F)c1. The van der Waals surface area contributed by atoms with Crippen LogP contribution in [0.3, 0.4) is 0 Å². The monoisotopic (exact) mass is 588 g/mol. The lowest BCUT2D eigenvalue weighted by Crippen LogP contribution is -2.46. The summed E-state index contributed by atoms with van der Waals surface area (Å²) in [5.41, 5.74) is -1.64. The Labute approximate surface area is 222 Å². The van der Waals surface area contributed by atoms with Crippen molar-refractivity contribution in [2.24, 2.45) is 0 Å². The van der Waals surface area contributed by atoms with Crippen LogP contribution in [-0.4, -0.2) is 56.0 Å². The highest BCUT2D eigenvalue weighted by atomic mass is 19.4. The minimum atomic E-state index is -5.11. The number of allylic oxidation sites excluding steroid dienone is 2. The van der Waals surface area contributed by atoms with E-state index in [4.69, 9.17) is 0 Å². The van der Waals surface area contributed by atoms with Crippen LogP contribution in [0.2, 0.25) is 0 Å². The van der Waals surface area contributed by atoms with Gasteiger partial charge in [0.05, 0.1) is 0 Å². The van der Waals surface area contributed by atoms with Gasteiger partial charge in [0, 0.05) is 37.7 Å². The van der Waals surface area contributed by atoms with E-state index in [1.165, 1.54) is 26.1 Å². The fourth-order valence-electron chi connectivity index (χ4n) is 3.94. The molecule has 0 aromatic heterocycles. The second-order valence-electron chi connectivity index (χ2n) is 8.63. The standard InChI is InChI=1S/C25H25F9N2O4/c1-15(37)9-18(35-2)12-22(14-36-13-21(38)23(26,27)28,16-5-3-7-19(10-16)39-24(29,30)31)17-6-4-8-20(11-17)40-25(32,33)34/h3-11,21,35-36,38H,12-14H2,1-2H3/b18-9-/t21-/m0/s1. The number of aliphatic hydroxyl groups excluding tert-OH is 1. The molecule has 0 aliphatic rings. The van der Waals surface area contributed by atoms with E-state index in [-0.39, 0.29) is 23.2 Å². The molecular weight excluding hydrogens is 563 g/mol. The molecule has 1 atom stereocenters. The molecule has 0 saturated carbocycles. The Morgan fingerprint density at radius 3 is 1.75 bits per heavy atom. The highest BCUT2D eigenvalue weighted by Gasteiger charge is 2.41. The Hall–Kier alpha value is -3.46. The molecule has 222 valence electrons. The third-order valence-electron chi connectivity index (χ3n) is 5.57. The first-order chi connectivity index (χ1) is 18.3. The quantitative estimate of drug-likeness (QED) is 0.229. The van der Waals surface area contributed by atoms with E-state index in [9.17, 15) is 49.4 Å². The molecule has 2 rings (SSSR count). The molecule has 0 saturated heterocycles. The number of hydrogen-bond acceptors (Lipinski definition) is 6. The average Bonchev–Trinajstić information content (AvgIpc) is 2.80. The zero-order valence-corrected chi connectivity index (χ0v) is 21.0. The van der Waals surface area contributed by atoms with Crippen LogP contribution in [0, 0.1) is 0 Å². The Morgan fingerprint density at radius 1 is 0.900 bits per heavy atom. The summed E-state index contributed by atoms with van der Waals surface area (Å²) in [6.07, 6.45) is -17.3. The van der Waals surface area contributed by atoms with Crippen molar-refractivity contribution in [3.8, 4) is 11.5 Å². The molecule has 0 radical (unpaired) electrons. The van der Waals surface area contributed by atoms with Crippen LogP contribution in [0.4, 0.5) is 39.5 Å². The summed E-state index contributed by atoms with van der Waals surface area (Å²) in [7, 11) is 1.40. The lowest BCUT2D eigenvalue weighted by Gasteiger charge is -2.37. The van der Waals surface area contributed by atoms with Crippen molar-refractivity contribution >= 4 is 5.78 Å². The van der Waals surface area contributed by atoms with E-state index in [1.54, 1.807) is 0 Å². The predicted molar refractivity (Wildman–Crippen MR) is 124 cm³/mol. The van der Waals surface area contributed by atoms with E-state index in [0.29, 0.717) is 0 Å². The predicted octanol–water partition coefficient (Wildman–Crippen LogP) is 5.37. The molecule has 0 fully saturated rings. The number of ether oxygens (including phenoxy) is 2. The number of hydrogen-bond donors (Lipinski definition) is 3. The fraction of sp³-hybridized carbons (Fsp3) is 0.400. The third-order valence-corrected chi connectivity index (χ3v) is 5.57. The van der Waals surface area contributed by atoms with Crippen molar-refractivity contribution in [2.75, 3.05) is 20.1 Å². The summed E-state index contributed by atoms with van der Waals surface area (Å²) < 4.78 is 125. The van der Waals surface area contributed by atoms with Crippen LogP contribution in [0.1, 0.15) is 24.5 Å². The van der Waals surface area contributed by atoms with E-state index in [2.05, 4.69) is 20.1 Å². The molecule has 0 aliphatic carbocycles. The lowest BCUT2D eigenvalue weighted by molar-refractivity contribution is -0.275. The maximum atomic E-state index is 13.0. The van der Waals surface area contributed by atoms with Gasteiger partial charge in [0.2, 0.25) is 0 Å². The van der Waals surface area contributed by atoms with Crippen LogP contribution in [0.15, 0.2) is 60.3 Å². The number of benzene rings is 2. The minimum absolute atomic E-state index is 0.0305. The molecule has 2 aromatic carbocycles. The van der Waals surface area contributed by atoms with Gasteiger partial charge in [-0.25, -0.2) is 0 Å². The zero-order valence-electron chi connectivity index (χ0n) is 21.0. The topological polar surface area (TPSA) is 79.8 Å². The van der Waals surface area contributed by atoms with Crippen molar-refractivity contribution in [3.63, 3.8) is 0 Å². The summed E-state index contributed by atoms with van der Waals surface area (Å²) in [6, 6.07) is 8.65. The molecule has 6 nitrogen and oxygen atoms in total. The van der Waals surface area contributed by atoms with Gasteiger partial charge in [0.15, 0.2) is 11.9 Å². The van der Waals surface area contributed by atoms with Crippen LogP contribution in [0.25, 0.3) is 0 Å². The van der Waals surface area contributed by atoms with Crippen LogP contribution >= 0.6 is 0 Å². The number of rotatable bonds is 12. The summed E-state index contributed by atoms with van der Waals surface area (Å²) in [5, 5.41) is 14.6. The largest absolute Gasteiger partial charge is 0.573 e. The molecule has 3 N–H and O–H groups in total. The number of aliphatic hydroxyl groups is 1. The van der Waals surface area contributed by atoms with Crippen molar-refractivity contribution in [1.29, 1.82) is 0 Å². The number of halogens is 9. The molecule has 0 amide bonds. The van der Waals surface area contributed by atoms with Gasteiger partial charge in [-0.15, -0.1) is 26.3 Å². The van der Waals surface area contributed by atoms with Crippen molar-refractivity contribution in [2.45, 2.75) is 43.8 Å². The molecule has 0 unspecified atom stereocenters. The molecule has 2 aromatic rings. The number of carbonyl (C=O) groups excluding carboxylic acids is 1. The summed E-state index contributed by atoms with van der Waals surface area (Å²) in [5.74, 6) is -1.90. The molecule has 15 heteroatoms. The van der Waals surface area contributed by atoms with Crippen molar-refractivity contribution in [1.82, 2.24) is 10.6 Å². The molecule has 0 bridgehead atoms. The van der Waals surface area contributed by atoms with E-state index >= 15 is 0 Å². The third kappa shape index (κ3) is 9.93. The second-order valence-corrected chi connectivity index (χ2v) is 8.63. The molecule has 0 heterocycles. The summed E-state index contributed by atoms with van der Waals surface area (Å²) in [6.45, 7) is -0.428. The van der Waals surface area contributed by atoms with Gasteiger partial charge in [-0.2, -0.15) is 13.2 Å². The highest BCUT2D eigenvalue weighted by Crippen LogP contribution is 2.41.